The molecular formula is C14H20ClN3O2S. The summed E-state index contributed by atoms with van der Waals surface area (Å²) in [7, 11) is -3.70. The number of nitrogens with one attached hydrogen (secondary N) is 1. The largest absolute Gasteiger partial charge is 0.381 e. The number of piperidine rings is 1. The van der Waals surface area contributed by atoms with E-state index in [9.17, 15) is 8.42 Å². The summed E-state index contributed by atoms with van der Waals surface area (Å²) in [5.74, 6) is 0. The van der Waals surface area contributed by atoms with Gasteiger partial charge in [0.2, 0.25) is 10.0 Å². The molecule has 3 N–H and O–H groups in total. The van der Waals surface area contributed by atoms with Gasteiger partial charge in [-0.05, 0) is 50.4 Å². The van der Waals surface area contributed by atoms with E-state index in [-0.39, 0.29) is 4.90 Å². The van der Waals surface area contributed by atoms with Gasteiger partial charge in [-0.2, -0.15) is 0 Å². The second-order valence-corrected chi connectivity index (χ2v) is 7.85. The fourth-order valence-corrected chi connectivity index (χ4v) is 4.08. The summed E-state index contributed by atoms with van der Waals surface area (Å²) in [4.78, 5) is 2.63. The Kier molecular flexibility index (Phi) is 4.14. The van der Waals surface area contributed by atoms with E-state index in [2.05, 4.69) is 10.2 Å². The molecule has 0 radical (unpaired) electrons. The Morgan fingerprint density at radius 3 is 2.86 bits per heavy atom. The average molecular weight is 330 g/mol. The molecule has 2 fully saturated rings. The molecule has 2 unspecified atom stereocenters. The Morgan fingerprint density at radius 1 is 1.29 bits per heavy atom. The molecule has 1 aromatic rings. The number of hydrogen-bond acceptors (Lipinski definition) is 4. The van der Waals surface area contributed by atoms with Gasteiger partial charge < -0.3 is 10.2 Å². The SMILES string of the molecule is NS(=O)(=O)c1ccc(Cl)c(NC2CCN3CCCC3C2)c1. The topological polar surface area (TPSA) is 75.4 Å². The van der Waals surface area contributed by atoms with Gasteiger partial charge >= 0.3 is 0 Å². The van der Waals surface area contributed by atoms with Crippen LogP contribution in [0, 0.1) is 0 Å². The van der Waals surface area contributed by atoms with Crippen molar-refractivity contribution in [2.45, 2.75) is 42.7 Å². The molecule has 21 heavy (non-hydrogen) atoms. The molecule has 0 aromatic heterocycles. The van der Waals surface area contributed by atoms with Gasteiger partial charge in [-0.1, -0.05) is 11.6 Å². The van der Waals surface area contributed by atoms with Crippen LogP contribution in [0.2, 0.25) is 5.02 Å². The summed E-state index contributed by atoms with van der Waals surface area (Å²) in [5, 5.41) is 9.09. The molecule has 0 saturated carbocycles. The van der Waals surface area contributed by atoms with E-state index < -0.39 is 10.0 Å². The maximum Gasteiger partial charge on any atom is 0.238 e. The first-order valence-electron chi connectivity index (χ1n) is 7.26. The van der Waals surface area contributed by atoms with Crippen molar-refractivity contribution in [1.29, 1.82) is 0 Å². The molecule has 3 rings (SSSR count). The molecule has 116 valence electrons. The number of anilines is 1. The Labute approximate surface area is 130 Å². The lowest BCUT2D eigenvalue weighted by Gasteiger charge is -2.35. The zero-order valence-electron chi connectivity index (χ0n) is 11.8. The molecule has 2 aliphatic heterocycles. The van der Waals surface area contributed by atoms with Gasteiger partial charge in [-0.25, -0.2) is 13.6 Å². The Bertz CT molecular complexity index is 635. The lowest BCUT2D eigenvalue weighted by atomic mass is 9.97. The summed E-state index contributed by atoms with van der Waals surface area (Å²) in [5.41, 5.74) is 0.652. The molecule has 0 aliphatic carbocycles. The molecule has 0 spiro atoms. The number of benzene rings is 1. The smallest absolute Gasteiger partial charge is 0.238 e. The van der Waals surface area contributed by atoms with Crippen molar-refractivity contribution in [3.05, 3.63) is 23.2 Å². The highest BCUT2D eigenvalue weighted by Gasteiger charge is 2.31. The minimum absolute atomic E-state index is 0.0905. The van der Waals surface area contributed by atoms with Gasteiger partial charge in [0.1, 0.15) is 0 Å². The van der Waals surface area contributed by atoms with Gasteiger partial charge in [0, 0.05) is 18.6 Å². The average Bonchev–Trinajstić information content (AvgIpc) is 2.87. The Hall–Kier alpha value is -0.820. The summed E-state index contributed by atoms with van der Waals surface area (Å²) < 4.78 is 22.9. The Morgan fingerprint density at radius 2 is 2.10 bits per heavy atom. The van der Waals surface area contributed by atoms with Crippen LogP contribution in [0.15, 0.2) is 23.1 Å². The molecule has 2 saturated heterocycles. The van der Waals surface area contributed by atoms with Crippen LogP contribution in [0.25, 0.3) is 0 Å². The number of fused-ring (bicyclic) bond motifs is 1. The van der Waals surface area contributed by atoms with Crippen LogP contribution in [-0.2, 0) is 10.0 Å². The fraction of sp³-hybridized carbons (Fsp3) is 0.571. The first-order chi connectivity index (χ1) is 9.93. The summed E-state index contributed by atoms with van der Waals surface area (Å²) in [6.45, 7) is 2.30. The minimum atomic E-state index is -3.70. The monoisotopic (exact) mass is 329 g/mol. The molecule has 0 bridgehead atoms. The lowest BCUT2D eigenvalue weighted by Crippen LogP contribution is -2.42. The number of primary sulfonamides is 1. The highest BCUT2D eigenvalue weighted by molar-refractivity contribution is 7.89. The van der Waals surface area contributed by atoms with E-state index in [1.807, 2.05) is 0 Å². The van der Waals surface area contributed by atoms with Gasteiger partial charge in [0.05, 0.1) is 15.6 Å². The lowest BCUT2D eigenvalue weighted by molar-refractivity contribution is 0.188. The Balaban J connectivity index is 1.75. The molecular weight excluding hydrogens is 310 g/mol. The number of hydrogen-bond donors (Lipinski definition) is 2. The van der Waals surface area contributed by atoms with Crippen molar-refractivity contribution in [2.24, 2.45) is 5.14 Å². The van der Waals surface area contributed by atoms with Crippen molar-refractivity contribution in [3.63, 3.8) is 0 Å². The van der Waals surface area contributed by atoms with Crippen molar-refractivity contribution in [1.82, 2.24) is 4.90 Å². The normalized spacial score (nSPS) is 26.6. The summed E-state index contributed by atoms with van der Waals surface area (Å²) in [6.07, 6.45) is 4.66. The van der Waals surface area contributed by atoms with Crippen LogP contribution in [0.1, 0.15) is 25.7 Å². The number of nitrogens with two attached hydrogens (primary N) is 1. The molecule has 2 atom stereocenters. The molecule has 0 amide bonds. The second-order valence-electron chi connectivity index (χ2n) is 5.88. The van der Waals surface area contributed by atoms with E-state index in [0.717, 1.165) is 19.4 Å². The summed E-state index contributed by atoms with van der Waals surface area (Å²) >= 11 is 6.17. The predicted octanol–water partition coefficient (Wildman–Crippen LogP) is 2.03. The zero-order chi connectivity index (χ0) is 15.0. The van der Waals surface area contributed by atoms with Gasteiger partial charge in [-0.15, -0.1) is 0 Å². The molecule has 2 aliphatic rings. The standard InChI is InChI=1S/C14H20ClN3O2S/c15-13-4-3-12(21(16,19)20)9-14(13)17-10-5-7-18-6-1-2-11(18)8-10/h3-4,9-11,17H,1-2,5-8H2,(H2,16,19,20). The first-order valence-corrected chi connectivity index (χ1v) is 9.19. The van der Waals surface area contributed by atoms with E-state index in [1.165, 1.54) is 31.5 Å². The third-order valence-electron chi connectivity index (χ3n) is 4.45. The molecule has 7 heteroatoms. The van der Waals surface area contributed by atoms with Crippen LogP contribution in [0.3, 0.4) is 0 Å². The van der Waals surface area contributed by atoms with Crippen LogP contribution < -0.4 is 10.5 Å². The van der Waals surface area contributed by atoms with E-state index >= 15 is 0 Å². The zero-order valence-corrected chi connectivity index (χ0v) is 13.3. The number of halogens is 1. The maximum absolute atomic E-state index is 11.4. The third-order valence-corrected chi connectivity index (χ3v) is 5.69. The summed E-state index contributed by atoms with van der Waals surface area (Å²) in [6, 6.07) is 5.52. The highest BCUT2D eigenvalue weighted by Crippen LogP contribution is 2.31. The third kappa shape index (κ3) is 3.34. The van der Waals surface area contributed by atoms with Crippen molar-refractivity contribution >= 4 is 27.3 Å². The highest BCUT2D eigenvalue weighted by atomic mass is 35.5. The van der Waals surface area contributed by atoms with Crippen LogP contribution in [-0.4, -0.2) is 38.5 Å². The van der Waals surface area contributed by atoms with E-state index in [0.29, 0.717) is 22.8 Å². The molecule has 2 heterocycles. The fourth-order valence-electron chi connectivity index (χ4n) is 3.37. The van der Waals surface area contributed by atoms with Crippen molar-refractivity contribution in [3.8, 4) is 0 Å². The van der Waals surface area contributed by atoms with Gasteiger partial charge in [0.25, 0.3) is 0 Å². The van der Waals surface area contributed by atoms with Gasteiger partial charge in [0.15, 0.2) is 0 Å². The maximum atomic E-state index is 11.4. The molecule has 1 aromatic carbocycles. The number of sulfonamides is 1. The van der Waals surface area contributed by atoms with E-state index in [4.69, 9.17) is 16.7 Å². The second kappa shape index (κ2) is 5.76. The minimum Gasteiger partial charge on any atom is -0.381 e. The predicted molar refractivity (Wildman–Crippen MR) is 84.1 cm³/mol. The van der Waals surface area contributed by atoms with Crippen molar-refractivity contribution < 1.29 is 8.42 Å². The quantitative estimate of drug-likeness (QED) is 0.889. The van der Waals surface area contributed by atoms with Crippen molar-refractivity contribution in [2.75, 3.05) is 18.4 Å². The van der Waals surface area contributed by atoms with Crippen LogP contribution in [0.4, 0.5) is 5.69 Å². The number of rotatable bonds is 3. The van der Waals surface area contributed by atoms with E-state index in [1.54, 1.807) is 6.07 Å². The first kappa shape index (κ1) is 15.1. The number of nitrogens with zero attached hydrogens (tertiary/aromatic N) is 1. The van der Waals surface area contributed by atoms with Gasteiger partial charge in [-0.3, -0.25) is 0 Å². The molecule has 5 nitrogen and oxygen atoms in total. The van der Waals surface area contributed by atoms with Crippen LogP contribution >= 0.6 is 11.6 Å². The van der Waals surface area contributed by atoms with Crippen LogP contribution in [0.5, 0.6) is 0 Å².